The third kappa shape index (κ3) is 2.11. The standard InChI is InChI=1S/C13H17N3O2/c1-4-16-11-6-12-8(5-10(11)15-3)9(14-2)7-13(17)18-12/h5-7,14-16H,4H2,1-3H3. The van der Waals surface area contributed by atoms with Gasteiger partial charge in [-0.05, 0) is 13.0 Å². The lowest BCUT2D eigenvalue weighted by molar-refractivity contribution is 0.562. The normalized spacial score (nSPS) is 10.4. The van der Waals surface area contributed by atoms with Crippen LogP contribution in [0.3, 0.4) is 0 Å². The summed E-state index contributed by atoms with van der Waals surface area (Å²) in [7, 11) is 3.64. The summed E-state index contributed by atoms with van der Waals surface area (Å²) in [6.07, 6.45) is 0. The van der Waals surface area contributed by atoms with Crippen molar-refractivity contribution in [2.45, 2.75) is 6.92 Å². The van der Waals surface area contributed by atoms with Gasteiger partial charge in [0.15, 0.2) is 0 Å². The Hall–Kier alpha value is -2.17. The van der Waals surface area contributed by atoms with Crippen molar-refractivity contribution in [3.63, 3.8) is 0 Å². The fraction of sp³-hybridized carbons (Fsp3) is 0.308. The highest BCUT2D eigenvalue weighted by molar-refractivity contribution is 5.96. The second-order valence-corrected chi connectivity index (χ2v) is 3.90. The van der Waals surface area contributed by atoms with Crippen LogP contribution in [0, 0.1) is 0 Å². The van der Waals surface area contributed by atoms with Gasteiger partial charge in [0.25, 0.3) is 0 Å². The molecular weight excluding hydrogens is 230 g/mol. The Morgan fingerprint density at radius 1 is 1.06 bits per heavy atom. The predicted octanol–water partition coefficient (Wildman–Crippen LogP) is 2.31. The molecule has 0 aliphatic heterocycles. The summed E-state index contributed by atoms with van der Waals surface area (Å²) < 4.78 is 5.23. The van der Waals surface area contributed by atoms with Crippen LogP contribution in [-0.4, -0.2) is 20.6 Å². The summed E-state index contributed by atoms with van der Waals surface area (Å²) in [5.41, 5.74) is 2.87. The molecule has 0 saturated carbocycles. The molecule has 1 aromatic heterocycles. The van der Waals surface area contributed by atoms with Crippen molar-refractivity contribution >= 4 is 28.0 Å². The third-order valence-electron chi connectivity index (χ3n) is 2.79. The van der Waals surface area contributed by atoms with E-state index in [2.05, 4.69) is 16.0 Å². The molecule has 0 fully saturated rings. The maximum Gasteiger partial charge on any atom is 0.338 e. The van der Waals surface area contributed by atoms with Gasteiger partial charge in [-0.2, -0.15) is 0 Å². The number of fused-ring (bicyclic) bond motifs is 1. The van der Waals surface area contributed by atoms with Crippen LogP contribution >= 0.6 is 0 Å². The van der Waals surface area contributed by atoms with E-state index in [0.29, 0.717) is 5.58 Å². The highest BCUT2D eigenvalue weighted by atomic mass is 16.4. The molecule has 1 heterocycles. The second-order valence-electron chi connectivity index (χ2n) is 3.90. The van der Waals surface area contributed by atoms with Crippen molar-refractivity contribution in [3.05, 3.63) is 28.6 Å². The van der Waals surface area contributed by atoms with Gasteiger partial charge in [-0.25, -0.2) is 4.79 Å². The van der Waals surface area contributed by atoms with Gasteiger partial charge in [0.1, 0.15) is 5.58 Å². The molecule has 5 nitrogen and oxygen atoms in total. The van der Waals surface area contributed by atoms with Gasteiger partial charge in [0.2, 0.25) is 0 Å². The molecule has 0 unspecified atom stereocenters. The van der Waals surface area contributed by atoms with Crippen LogP contribution in [-0.2, 0) is 0 Å². The van der Waals surface area contributed by atoms with Crippen LogP contribution in [0.4, 0.5) is 17.1 Å². The quantitative estimate of drug-likeness (QED) is 0.723. The zero-order chi connectivity index (χ0) is 13.1. The van der Waals surface area contributed by atoms with Crippen molar-refractivity contribution in [2.75, 3.05) is 36.6 Å². The van der Waals surface area contributed by atoms with E-state index >= 15 is 0 Å². The van der Waals surface area contributed by atoms with E-state index in [1.54, 1.807) is 7.05 Å². The number of hydrogen-bond acceptors (Lipinski definition) is 5. The maximum absolute atomic E-state index is 11.4. The molecule has 0 aliphatic rings. The summed E-state index contributed by atoms with van der Waals surface area (Å²) in [6, 6.07) is 5.25. The zero-order valence-corrected chi connectivity index (χ0v) is 10.8. The van der Waals surface area contributed by atoms with Crippen molar-refractivity contribution < 1.29 is 4.42 Å². The summed E-state index contributed by atoms with van der Waals surface area (Å²) in [4.78, 5) is 11.4. The van der Waals surface area contributed by atoms with Gasteiger partial charge in [0.05, 0.1) is 17.1 Å². The zero-order valence-electron chi connectivity index (χ0n) is 10.8. The van der Waals surface area contributed by atoms with Crippen LogP contribution in [0.25, 0.3) is 11.0 Å². The molecule has 2 rings (SSSR count). The molecular formula is C13H17N3O2. The molecule has 0 spiro atoms. The molecule has 3 N–H and O–H groups in total. The molecule has 0 aliphatic carbocycles. The average Bonchev–Trinajstić information content (AvgIpc) is 2.37. The minimum absolute atomic E-state index is 0.355. The van der Waals surface area contributed by atoms with Gasteiger partial charge >= 0.3 is 5.63 Å². The third-order valence-corrected chi connectivity index (χ3v) is 2.79. The van der Waals surface area contributed by atoms with Crippen LogP contribution < -0.4 is 21.6 Å². The maximum atomic E-state index is 11.4. The number of rotatable bonds is 4. The fourth-order valence-corrected chi connectivity index (χ4v) is 1.96. The lowest BCUT2D eigenvalue weighted by Crippen LogP contribution is -2.04. The van der Waals surface area contributed by atoms with Crippen LogP contribution in [0.1, 0.15) is 6.92 Å². The topological polar surface area (TPSA) is 66.3 Å². The predicted molar refractivity (Wildman–Crippen MR) is 75.7 cm³/mol. The lowest BCUT2D eigenvalue weighted by Gasteiger charge is -2.13. The minimum atomic E-state index is -0.355. The molecule has 2 aromatic rings. The van der Waals surface area contributed by atoms with Crippen LogP contribution in [0.15, 0.2) is 27.4 Å². The first-order valence-corrected chi connectivity index (χ1v) is 5.91. The van der Waals surface area contributed by atoms with E-state index in [1.165, 1.54) is 6.07 Å². The number of hydrogen-bond donors (Lipinski definition) is 3. The van der Waals surface area contributed by atoms with E-state index in [4.69, 9.17) is 4.42 Å². The smallest absolute Gasteiger partial charge is 0.338 e. The SMILES string of the molecule is CCNc1cc2oc(=O)cc(NC)c2cc1NC. The molecule has 1 aromatic carbocycles. The summed E-state index contributed by atoms with van der Waals surface area (Å²) in [6.45, 7) is 2.82. The molecule has 0 atom stereocenters. The van der Waals surface area contributed by atoms with E-state index in [1.807, 2.05) is 26.1 Å². The van der Waals surface area contributed by atoms with Gasteiger partial charge in [-0.3, -0.25) is 0 Å². The highest BCUT2D eigenvalue weighted by Gasteiger charge is 2.09. The van der Waals surface area contributed by atoms with Gasteiger partial charge in [-0.15, -0.1) is 0 Å². The number of nitrogens with one attached hydrogen (secondary N) is 3. The Bertz CT molecular complexity index is 619. The van der Waals surface area contributed by atoms with Gasteiger partial charge in [0, 0.05) is 38.2 Å². The molecule has 0 radical (unpaired) electrons. The molecule has 5 heteroatoms. The fourth-order valence-electron chi connectivity index (χ4n) is 1.96. The Balaban J connectivity index is 2.73. The molecule has 0 amide bonds. The van der Waals surface area contributed by atoms with Gasteiger partial charge < -0.3 is 20.4 Å². The Labute approximate surface area is 105 Å². The van der Waals surface area contributed by atoms with Crippen molar-refractivity contribution in [1.82, 2.24) is 0 Å². The van der Waals surface area contributed by atoms with Crippen LogP contribution in [0.2, 0.25) is 0 Å². The second kappa shape index (κ2) is 5.00. The summed E-state index contributed by atoms with van der Waals surface area (Å²) in [5, 5.41) is 10.2. The first-order valence-electron chi connectivity index (χ1n) is 5.91. The minimum Gasteiger partial charge on any atom is -0.423 e. The Morgan fingerprint density at radius 3 is 2.39 bits per heavy atom. The Kier molecular flexibility index (Phi) is 3.41. The first-order chi connectivity index (χ1) is 8.69. The molecule has 0 saturated heterocycles. The largest absolute Gasteiger partial charge is 0.423 e. The number of anilines is 3. The highest BCUT2D eigenvalue weighted by Crippen LogP contribution is 2.31. The van der Waals surface area contributed by atoms with E-state index in [-0.39, 0.29) is 5.63 Å². The van der Waals surface area contributed by atoms with Gasteiger partial charge in [-0.1, -0.05) is 0 Å². The van der Waals surface area contributed by atoms with E-state index in [9.17, 15) is 4.79 Å². The summed E-state index contributed by atoms with van der Waals surface area (Å²) in [5.74, 6) is 0. The molecule has 0 bridgehead atoms. The van der Waals surface area contributed by atoms with Crippen LogP contribution in [0.5, 0.6) is 0 Å². The number of benzene rings is 1. The van der Waals surface area contributed by atoms with E-state index < -0.39 is 0 Å². The van der Waals surface area contributed by atoms with Crippen molar-refractivity contribution in [2.24, 2.45) is 0 Å². The lowest BCUT2D eigenvalue weighted by atomic mass is 10.1. The Morgan fingerprint density at radius 2 is 1.78 bits per heavy atom. The summed E-state index contributed by atoms with van der Waals surface area (Å²) >= 11 is 0. The van der Waals surface area contributed by atoms with Crippen molar-refractivity contribution in [1.29, 1.82) is 0 Å². The molecule has 96 valence electrons. The van der Waals surface area contributed by atoms with E-state index in [0.717, 1.165) is 29.0 Å². The average molecular weight is 247 g/mol. The molecule has 18 heavy (non-hydrogen) atoms. The monoisotopic (exact) mass is 247 g/mol. The van der Waals surface area contributed by atoms with Crippen molar-refractivity contribution in [3.8, 4) is 0 Å². The first kappa shape index (κ1) is 12.3.